The summed E-state index contributed by atoms with van der Waals surface area (Å²) in [5, 5.41) is 14.9. The van der Waals surface area contributed by atoms with Gasteiger partial charge in [0.15, 0.2) is 5.82 Å². The van der Waals surface area contributed by atoms with E-state index in [9.17, 15) is 0 Å². The van der Waals surface area contributed by atoms with Crippen LogP contribution in [0, 0.1) is 6.92 Å². The molecule has 0 saturated heterocycles. The zero-order valence-electron chi connectivity index (χ0n) is 12.2. The number of halogens is 2. The van der Waals surface area contributed by atoms with Crippen molar-refractivity contribution in [2.45, 2.75) is 6.92 Å². The van der Waals surface area contributed by atoms with Gasteiger partial charge in [-0.05, 0) is 48.9 Å². The Balaban J connectivity index is 1.78. The molecule has 0 atom stereocenters. The zero-order chi connectivity index (χ0) is 16.2. The second-order valence-corrected chi connectivity index (χ2v) is 6.18. The van der Waals surface area contributed by atoms with E-state index < -0.39 is 0 Å². The van der Waals surface area contributed by atoms with Crippen LogP contribution in [0.15, 0.2) is 53.1 Å². The van der Waals surface area contributed by atoms with Crippen LogP contribution in [-0.4, -0.2) is 15.2 Å². The van der Waals surface area contributed by atoms with E-state index in [1.165, 1.54) is 0 Å². The fraction of sp³-hybridized carbons (Fsp3) is 0.0625. The highest BCUT2D eigenvalue weighted by Crippen LogP contribution is 2.23. The SMILES string of the molecule is Cc1cc(Nc2nncc(Nc3cccc(Cl)c3)n2)ccc1Br. The van der Waals surface area contributed by atoms with Crippen LogP contribution in [0.5, 0.6) is 0 Å². The van der Waals surface area contributed by atoms with E-state index in [-0.39, 0.29) is 0 Å². The summed E-state index contributed by atoms with van der Waals surface area (Å²) in [4.78, 5) is 4.39. The summed E-state index contributed by atoms with van der Waals surface area (Å²) in [6.07, 6.45) is 1.55. The molecule has 0 aliphatic rings. The molecule has 1 heterocycles. The van der Waals surface area contributed by atoms with E-state index in [0.29, 0.717) is 16.8 Å². The third-order valence-electron chi connectivity index (χ3n) is 3.07. The number of benzene rings is 2. The highest BCUT2D eigenvalue weighted by Gasteiger charge is 2.04. The molecule has 2 aromatic carbocycles. The number of anilines is 4. The Morgan fingerprint density at radius 1 is 1.04 bits per heavy atom. The maximum atomic E-state index is 5.97. The van der Waals surface area contributed by atoms with Crippen molar-refractivity contribution in [1.29, 1.82) is 0 Å². The molecule has 0 amide bonds. The number of hydrogen-bond acceptors (Lipinski definition) is 5. The lowest BCUT2D eigenvalue weighted by Gasteiger charge is -2.09. The van der Waals surface area contributed by atoms with Crippen LogP contribution in [0.25, 0.3) is 0 Å². The van der Waals surface area contributed by atoms with Crippen LogP contribution in [0.1, 0.15) is 5.56 Å². The second kappa shape index (κ2) is 6.93. The molecule has 3 rings (SSSR count). The fourth-order valence-corrected chi connectivity index (χ4v) is 2.42. The molecule has 2 N–H and O–H groups in total. The molecule has 116 valence electrons. The van der Waals surface area contributed by atoms with E-state index >= 15 is 0 Å². The van der Waals surface area contributed by atoms with E-state index in [1.807, 2.05) is 49.4 Å². The first kappa shape index (κ1) is 15.7. The predicted molar refractivity (Wildman–Crippen MR) is 96.7 cm³/mol. The van der Waals surface area contributed by atoms with Crippen molar-refractivity contribution >= 4 is 50.7 Å². The normalized spacial score (nSPS) is 10.4. The summed E-state index contributed by atoms with van der Waals surface area (Å²) < 4.78 is 1.05. The largest absolute Gasteiger partial charge is 0.339 e. The van der Waals surface area contributed by atoms with E-state index in [0.717, 1.165) is 21.4 Å². The van der Waals surface area contributed by atoms with E-state index in [2.05, 4.69) is 41.7 Å². The number of nitrogens with zero attached hydrogens (tertiary/aromatic N) is 3. The van der Waals surface area contributed by atoms with Crippen molar-refractivity contribution in [3.05, 3.63) is 63.7 Å². The molecular weight excluding hydrogens is 378 g/mol. The van der Waals surface area contributed by atoms with Crippen LogP contribution in [0.4, 0.5) is 23.1 Å². The van der Waals surface area contributed by atoms with Crippen molar-refractivity contribution in [1.82, 2.24) is 15.2 Å². The van der Waals surface area contributed by atoms with Crippen LogP contribution in [-0.2, 0) is 0 Å². The number of nitrogens with one attached hydrogen (secondary N) is 2. The molecule has 7 heteroatoms. The molecule has 0 aliphatic carbocycles. The minimum atomic E-state index is 0.416. The van der Waals surface area contributed by atoms with Gasteiger partial charge in [-0.1, -0.05) is 33.6 Å². The minimum absolute atomic E-state index is 0.416. The molecule has 1 aromatic heterocycles. The number of aryl methyl sites for hydroxylation is 1. The van der Waals surface area contributed by atoms with Gasteiger partial charge in [0, 0.05) is 20.9 Å². The second-order valence-electron chi connectivity index (χ2n) is 4.89. The summed E-state index contributed by atoms with van der Waals surface area (Å²) in [6.45, 7) is 2.02. The minimum Gasteiger partial charge on any atom is -0.339 e. The molecule has 0 aliphatic heterocycles. The van der Waals surface area contributed by atoms with Crippen LogP contribution < -0.4 is 10.6 Å². The summed E-state index contributed by atoms with van der Waals surface area (Å²) in [7, 11) is 0. The predicted octanol–water partition coefficient (Wildman–Crippen LogP) is 5.08. The smallest absolute Gasteiger partial charge is 0.249 e. The summed E-state index contributed by atoms with van der Waals surface area (Å²) in [5.41, 5.74) is 2.85. The molecule has 0 unspecified atom stereocenters. The topological polar surface area (TPSA) is 62.7 Å². The van der Waals surface area contributed by atoms with Gasteiger partial charge in [-0.3, -0.25) is 0 Å². The Kier molecular flexibility index (Phi) is 4.73. The first-order chi connectivity index (χ1) is 11.1. The molecule has 5 nitrogen and oxygen atoms in total. The highest BCUT2D eigenvalue weighted by atomic mass is 79.9. The highest BCUT2D eigenvalue weighted by molar-refractivity contribution is 9.10. The Bertz CT molecular complexity index is 840. The van der Waals surface area contributed by atoms with Crippen molar-refractivity contribution in [2.24, 2.45) is 0 Å². The average Bonchev–Trinajstić information content (AvgIpc) is 2.51. The summed E-state index contributed by atoms with van der Waals surface area (Å²) in [6, 6.07) is 13.3. The third kappa shape index (κ3) is 4.18. The van der Waals surface area contributed by atoms with Gasteiger partial charge in [0.05, 0.1) is 6.20 Å². The Hall–Kier alpha value is -2.18. The van der Waals surface area contributed by atoms with E-state index in [1.54, 1.807) is 6.20 Å². The van der Waals surface area contributed by atoms with Crippen LogP contribution >= 0.6 is 27.5 Å². The first-order valence-corrected chi connectivity index (χ1v) is 8.03. The lowest BCUT2D eigenvalue weighted by molar-refractivity contribution is 0.982. The third-order valence-corrected chi connectivity index (χ3v) is 4.19. The lowest BCUT2D eigenvalue weighted by Crippen LogP contribution is -2.02. The van der Waals surface area contributed by atoms with Gasteiger partial charge in [0.25, 0.3) is 0 Å². The molecule has 3 aromatic rings. The number of aromatic nitrogens is 3. The van der Waals surface area contributed by atoms with Gasteiger partial charge in [-0.25, -0.2) is 0 Å². The van der Waals surface area contributed by atoms with Crippen LogP contribution in [0.2, 0.25) is 5.02 Å². The molecule has 0 bridgehead atoms. The molecule has 0 fully saturated rings. The average molecular weight is 391 g/mol. The maximum Gasteiger partial charge on any atom is 0.249 e. The number of rotatable bonds is 4. The van der Waals surface area contributed by atoms with Crippen molar-refractivity contribution in [2.75, 3.05) is 10.6 Å². The first-order valence-electron chi connectivity index (χ1n) is 6.86. The van der Waals surface area contributed by atoms with Crippen molar-refractivity contribution in [3.63, 3.8) is 0 Å². The fourth-order valence-electron chi connectivity index (χ4n) is 1.98. The Morgan fingerprint density at radius 3 is 2.65 bits per heavy atom. The monoisotopic (exact) mass is 389 g/mol. The molecular formula is C16H13BrClN5. The Morgan fingerprint density at radius 2 is 1.87 bits per heavy atom. The van der Waals surface area contributed by atoms with Gasteiger partial charge in [0.2, 0.25) is 5.95 Å². The van der Waals surface area contributed by atoms with Gasteiger partial charge in [-0.2, -0.15) is 10.1 Å². The summed E-state index contributed by atoms with van der Waals surface area (Å²) in [5.74, 6) is 0.998. The molecule has 0 radical (unpaired) electrons. The maximum absolute atomic E-state index is 5.97. The summed E-state index contributed by atoms with van der Waals surface area (Å²) >= 11 is 9.45. The molecule has 23 heavy (non-hydrogen) atoms. The van der Waals surface area contributed by atoms with Gasteiger partial charge in [-0.15, -0.1) is 5.10 Å². The Labute approximate surface area is 147 Å². The molecule has 0 spiro atoms. The standard InChI is InChI=1S/C16H13BrClN5/c1-10-7-13(5-6-14(10)17)21-16-22-15(9-19-23-16)20-12-4-2-3-11(18)8-12/h2-9H,1H3,(H2,20,21,22,23). The van der Waals surface area contributed by atoms with Crippen LogP contribution in [0.3, 0.4) is 0 Å². The van der Waals surface area contributed by atoms with Gasteiger partial charge < -0.3 is 10.6 Å². The zero-order valence-corrected chi connectivity index (χ0v) is 14.6. The van der Waals surface area contributed by atoms with Gasteiger partial charge in [0.1, 0.15) is 0 Å². The lowest BCUT2D eigenvalue weighted by atomic mass is 10.2. The quantitative estimate of drug-likeness (QED) is 0.650. The number of hydrogen-bond donors (Lipinski definition) is 2. The van der Waals surface area contributed by atoms with E-state index in [4.69, 9.17) is 11.6 Å². The van der Waals surface area contributed by atoms with Gasteiger partial charge >= 0.3 is 0 Å². The molecule has 0 saturated carbocycles. The van der Waals surface area contributed by atoms with Crippen molar-refractivity contribution < 1.29 is 0 Å². The van der Waals surface area contributed by atoms with Crippen molar-refractivity contribution in [3.8, 4) is 0 Å².